The van der Waals surface area contributed by atoms with Gasteiger partial charge in [-0.3, -0.25) is 14.4 Å². The predicted molar refractivity (Wildman–Crippen MR) is 84.2 cm³/mol. The molecule has 1 aliphatic heterocycles. The highest BCUT2D eigenvalue weighted by molar-refractivity contribution is 6.38. The van der Waals surface area contributed by atoms with Gasteiger partial charge in [0.15, 0.2) is 0 Å². The van der Waals surface area contributed by atoms with Crippen LogP contribution < -0.4 is 5.32 Å². The molecule has 1 N–H and O–H groups in total. The Kier molecular flexibility index (Phi) is 5.24. The molecule has 5 heteroatoms. The fraction of sp³-hybridized carbons (Fsp3) is 0.824. The molecule has 1 saturated heterocycles. The number of hydrogen-bond acceptors (Lipinski definition) is 3. The fourth-order valence-corrected chi connectivity index (χ4v) is 3.35. The summed E-state index contributed by atoms with van der Waals surface area (Å²) in [6, 6.07) is -0.214. The molecule has 2 rings (SSSR count). The van der Waals surface area contributed by atoms with Crippen LogP contribution in [-0.2, 0) is 14.4 Å². The van der Waals surface area contributed by atoms with Crippen molar-refractivity contribution in [2.75, 3.05) is 6.54 Å². The van der Waals surface area contributed by atoms with Crippen molar-refractivity contribution in [3.63, 3.8) is 0 Å². The molecular formula is C17H28N2O3. The molecule has 2 amide bonds. The zero-order valence-electron chi connectivity index (χ0n) is 14.0. The first-order valence-electron chi connectivity index (χ1n) is 8.46. The molecule has 1 unspecified atom stereocenters. The van der Waals surface area contributed by atoms with Crippen molar-refractivity contribution in [1.82, 2.24) is 10.2 Å². The SMILES string of the molecule is CC(C)(C)C(=O)C(=O)NC1CCCN(C2CCCCC2)C1=O. The molecule has 2 aliphatic rings. The highest BCUT2D eigenvalue weighted by Crippen LogP contribution is 2.26. The van der Waals surface area contributed by atoms with Crippen LogP contribution in [0, 0.1) is 5.41 Å². The quantitative estimate of drug-likeness (QED) is 0.811. The van der Waals surface area contributed by atoms with Gasteiger partial charge in [-0.15, -0.1) is 0 Å². The van der Waals surface area contributed by atoms with Crippen LogP contribution in [0.15, 0.2) is 0 Å². The average molecular weight is 308 g/mol. The van der Waals surface area contributed by atoms with Gasteiger partial charge in [-0.2, -0.15) is 0 Å². The fourth-order valence-electron chi connectivity index (χ4n) is 3.35. The lowest BCUT2D eigenvalue weighted by Gasteiger charge is -2.40. The summed E-state index contributed by atoms with van der Waals surface area (Å²) in [6.07, 6.45) is 7.24. The van der Waals surface area contributed by atoms with Gasteiger partial charge >= 0.3 is 0 Å². The maximum atomic E-state index is 12.6. The Hall–Kier alpha value is -1.39. The third-order valence-corrected chi connectivity index (χ3v) is 4.68. The van der Waals surface area contributed by atoms with Crippen LogP contribution in [0.2, 0.25) is 0 Å². The van der Waals surface area contributed by atoms with Crippen molar-refractivity contribution in [1.29, 1.82) is 0 Å². The van der Waals surface area contributed by atoms with E-state index in [1.54, 1.807) is 20.8 Å². The van der Waals surface area contributed by atoms with Gasteiger partial charge in [-0.25, -0.2) is 0 Å². The summed E-state index contributed by atoms with van der Waals surface area (Å²) >= 11 is 0. The summed E-state index contributed by atoms with van der Waals surface area (Å²) in [5.41, 5.74) is -0.717. The lowest BCUT2D eigenvalue weighted by atomic mass is 9.89. The van der Waals surface area contributed by atoms with Crippen molar-refractivity contribution in [2.45, 2.75) is 77.8 Å². The Balaban J connectivity index is 1.98. The summed E-state index contributed by atoms with van der Waals surface area (Å²) in [7, 11) is 0. The second-order valence-electron chi connectivity index (χ2n) is 7.57. The topological polar surface area (TPSA) is 66.5 Å². The van der Waals surface area contributed by atoms with Gasteiger partial charge < -0.3 is 10.2 Å². The van der Waals surface area contributed by atoms with Crippen LogP contribution in [0.25, 0.3) is 0 Å². The third kappa shape index (κ3) is 3.87. The standard InChI is InChI=1S/C17H28N2O3/c1-17(2,3)14(20)15(21)18-13-10-7-11-19(16(13)22)12-8-5-4-6-9-12/h12-13H,4-11H2,1-3H3,(H,18,21). The number of carbonyl (C=O) groups is 3. The molecular weight excluding hydrogens is 280 g/mol. The Morgan fingerprint density at radius 2 is 1.68 bits per heavy atom. The summed E-state index contributed by atoms with van der Waals surface area (Å²) < 4.78 is 0. The van der Waals surface area contributed by atoms with E-state index in [4.69, 9.17) is 0 Å². The lowest BCUT2D eigenvalue weighted by molar-refractivity contribution is -0.146. The summed E-state index contributed by atoms with van der Waals surface area (Å²) in [6.45, 7) is 5.92. The second kappa shape index (κ2) is 6.80. The van der Waals surface area contributed by atoms with Crippen molar-refractivity contribution in [3.8, 4) is 0 Å². The molecule has 0 aromatic rings. The Morgan fingerprint density at radius 1 is 1.05 bits per heavy atom. The Labute approximate surface area is 132 Å². The minimum absolute atomic E-state index is 0.00629. The maximum absolute atomic E-state index is 12.6. The van der Waals surface area contributed by atoms with Crippen molar-refractivity contribution < 1.29 is 14.4 Å². The van der Waals surface area contributed by atoms with E-state index in [0.29, 0.717) is 12.5 Å². The lowest BCUT2D eigenvalue weighted by Crippen LogP contribution is -2.57. The average Bonchev–Trinajstić information content (AvgIpc) is 2.48. The third-order valence-electron chi connectivity index (χ3n) is 4.68. The predicted octanol–water partition coefficient (Wildman–Crippen LogP) is 2.04. The van der Waals surface area contributed by atoms with E-state index < -0.39 is 23.1 Å². The number of nitrogens with zero attached hydrogens (tertiary/aromatic N) is 1. The molecule has 1 aliphatic carbocycles. The molecule has 0 aromatic heterocycles. The zero-order chi connectivity index (χ0) is 16.3. The number of piperidine rings is 1. The zero-order valence-corrected chi connectivity index (χ0v) is 14.0. The first-order valence-corrected chi connectivity index (χ1v) is 8.46. The Bertz CT molecular complexity index is 447. The van der Waals surface area contributed by atoms with E-state index in [1.807, 2.05) is 4.90 Å². The largest absolute Gasteiger partial charge is 0.338 e. The minimum Gasteiger partial charge on any atom is -0.338 e. The van der Waals surface area contributed by atoms with Gasteiger partial charge in [0.05, 0.1) is 0 Å². The van der Waals surface area contributed by atoms with E-state index in [1.165, 1.54) is 19.3 Å². The van der Waals surface area contributed by atoms with Crippen LogP contribution in [0.3, 0.4) is 0 Å². The van der Waals surface area contributed by atoms with E-state index in [2.05, 4.69) is 5.32 Å². The highest BCUT2D eigenvalue weighted by Gasteiger charge is 2.36. The van der Waals surface area contributed by atoms with Gasteiger partial charge in [0.2, 0.25) is 11.7 Å². The first kappa shape index (κ1) is 17.0. The number of hydrogen-bond donors (Lipinski definition) is 1. The first-order chi connectivity index (χ1) is 10.3. The summed E-state index contributed by atoms with van der Waals surface area (Å²) in [5, 5.41) is 2.66. The van der Waals surface area contributed by atoms with Crippen LogP contribution in [0.4, 0.5) is 0 Å². The van der Waals surface area contributed by atoms with Crippen molar-refractivity contribution >= 4 is 17.6 Å². The molecule has 1 atom stereocenters. The van der Waals surface area contributed by atoms with Crippen LogP contribution >= 0.6 is 0 Å². The molecule has 0 aromatic carbocycles. The van der Waals surface area contributed by atoms with Crippen LogP contribution in [-0.4, -0.2) is 41.1 Å². The Morgan fingerprint density at radius 3 is 2.27 bits per heavy atom. The number of nitrogens with one attached hydrogen (secondary N) is 1. The van der Waals surface area contributed by atoms with Crippen molar-refractivity contribution in [2.24, 2.45) is 5.41 Å². The molecule has 22 heavy (non-hydrogen) atoms. The van der Waals surface area contributed by atoms with E-state index >= 15 is 0 Å². The number of amides is 2. The van der Waals surface area contributed by atoms with Gasteiger partial charge in [-0.1, -0.05) is 40.0 Å². The van der Waals surface area contributed by atoms with Gasteiger partial charge in [0, 0.05) is 18.0 Å². The maximum Gasteiger partial charge on any atom is 0.288 e. The monoisotopic (exact) mass is 308 g/mol. The molecule has 2 fully saturated rings. The van der Waals surface area contributed by atoms with E-state index in [0.717, 1.165) is 25.8 Å². The van der Waals surface area contributed by atoms with Crippen LogP contribution in [0.5, 0.6) is 0 Å². The van der Waals surface area contributed by atoms with Crippen molar-refractivity contribution in [3.05, 3.63) is 0 Å². The number of carbonyl (C=O) groups excluding carboxylic acids is 3. The molecule has 124 valence electrons. The van der Waals surface area contributed by atoms with Gasteiger partial charge in [0.1, 0.15) is 6.04 Å². The van der Waals surface area contributed by atoms with E-state index in [9.17, 15) is 14.4 Å². The molecule has 0 bridgehead atoms. The molecule has 0 radical (unpaired) electrons. The number of Topliss-reactive ketones (excluding diaryl/α,β-unsaturated/α-hetero) is 1. The normalized spacial score (nSPS) is 24.2. The second-order valence-corrected chi connectivity index (χ2v) is 7.57. The van der Waals surface area contributed by atoms with Crippen LogP contribution in [0.1, 0.15) is 65.7 Å². The molecule has 1 saturated carbocycles. The minimum atomic E-state index is -0.717. The number of likely N-dealkylation sites (tertiary alicyclic amines) is 1. The number of ketones is 1. The molecule has 1 heterocycles. The van der Waals surface area contributed by atoms with Gasteiger partial charge in [0.25, 0.3) is 5.91 Å². The summed E-state index contributed by atoms with van der Waals surface area (Å²) in [5.74, 6) is -1.10. The summed E-state index contributed by atoms with van der Waals surface area (Å²) in [4.78, 5) is 38.6. The number of rotatable bonds is 3. The van der Waals surface area contributed by atoms with E-state index in [-0.39, 0.29) is 5.91 Å². The molecule has 0 spiro atoms. The van der Waals surface area contributed by atoms with Gasteiger partial charge in [-0.05, 0) is 25.7 Å². The smallest absolute Gasteiger partial charge is 0.288 e. The highest BCUT2D eigenvalue weighted by atomic mass is 16.2. The molecule has 5 nitrogen and oxygen atoms in total.